The van der Waals surface area contributed by atoms with E-state index in [1.165, 1.54) is 0 Å². The van der Waals surface area contributed by atoms with Crippen LogP contribution in [-0.4, -0.2) is 80.8 Å². The summed E-state index contributed by atoms with van der Waals surface area (Å²) in [4.78, 5) is 0. The highest BCUT2D eigenvalue weighted by atomic mass is 16.5. The van der Waals surface area contributed by atoms with Crippen LogP contribution < -0.4 is 4.57 Å². The molecule has 1 aromatic heterocycles. The van der Waals surface area contributed by atoms with Crippen LogP contribution in [0.4, 0.5) is 0 Å². The fourth-order valence-electron chi connectivity index (χ4n) is 1.82. The van der Waals surface area contributed by atoms with Crippen LogP contribution in [0, 0.1) is 0 Å². The van der Waals surface area contributed by atoms with Crippen molar-refractivity contribution in [2.45, 2.75) is 13.1 Å². The van der Waals surface area contributed by atoms with E-state index < -0.39 is 0 Å². The van der Waals surface area contributed by atoms with Gasteiger partial charge in [0.1, 0.15) is 25.5 Å². The van der Waals surface area contributed by atoms with Gasteiger partial charge in [-0.1, -0.05) is 0 Å². The van der Waals surface area contributed by atoms with Gasteiger partial charge in [-0.05, 0) is 0 Å². The molecule has 0 aliphatic rings. The topological polar surface area (TPSA) is 86.2 Å². The summed E-state index contributed by atoms with van der Waals surface area (Å²) in [5, 5.41) is 17.1. The second kappa shape index (κ2) is 14.6. The second-order valence-electron chi connectivity index (χ2n) is 4.79. The highest BCUT2D eigenvalue weighted by Gasteiger charge is 2.03. The van der Waals surface area contributed by atoms with Crippen molar-refractivity contribution >= 4 is 0 Å². The van der Waals surface area contributed by atoms with Gasteiger partial charge in [-0.2, -0.15) is 0 Å². The predicted octanol–water partition coefficient (Wildman–Crippen LogP) is -1.17. The van der Waals surface area contributed by atoms with Gasteiger partial charge in [0, 0.05) is 0 Å². The van der Waals surface area contributed by atoms with Crippen LogP contribution >= 0.6 is 0 Å². The Kier molecular flexibility index (Phi) is 12.7. The summed E-state index contributed by atoms with van der Waals surface area (Å²) >= 11 is 0. The Morgan fingerprint density at radius 3 is 1.91 bits per heavy atom. The molecule has 0 aromatic carbocycles. The molecular weight excluding hydrogens is 304 g/mol. The van der Waals surface area contributed by atoms with E-state index in [-0.39, 0.29) is 13.2 Å². The van der Waals surface area contributed by atoms with Gasteiger partial charge in [0.2, 0.25) is 6.33 Å². The number of aromatic nitrogens is 2. The lowest BCUT2D eigenvalue weighted by molar-refractivity contribution is -0.698. The van der Waals surface area contributed by atoms with Gasteiger partial charge in [0.15, 0.2) is 0 Å². The van der Waals surface area contributed by atoms with Crippen molar-refractivity contribution in [3.05, 3.63) is 18.7 Å². The van der Waals surface area contributed by atoms with Crippen LogP contribution in [0.15, 0.2) is 18.7 Å². The maximum atomic E-state index is 8.55. The van der Waals surface area contributed by atoms with Gasteiger partial charge in [-0.15, -0.1) is 0 Å². The van der Waals surface area contributed by atoms with Crippen molar-refractivity contribution in [3.8, 4) is 0 Å². The quantitative estimate of drug-likeness (QED) is 0.293. The van der Waals surface area contributed by atoms with Crippen LogP contribution in [0.3, 0.4) is 0 Å². The Morgan fingerprint density at radius 2 is 1.30 bits per heavy atom. The minimum absolute atomic E-state index is 0.0444. The van der Waals surface area contributed by atoms with Crippen LogP contribution in [0.5, 0.6) is 0 Å². The third-order valence-corrected chi connectivity index (χ3v) is 2.95. The van der Waals surface area contributed by atoms with Crippen molar-refractivity contribution in [2.24, 2.45) is 0 Å². The zero-order valence-corrected chi connectivity index (χ0v) is 13.6. The third-order valence-electron chi connectivity index (χ3n) is 2.95. The summed E-state index contributed by atoms with van der Waals surface area (Å²) in [6.45, 7) is 5.69. The SMILES string of the molecule is OCCOCCOCCn1cc[n+](CCOCCOCCO)c1. The Balaban J connectivity index is 1.97. The average Bonchev–Trinajstić information content (AvgIpc) is 3.01. The third kappa shape index (κ3) is 11.2. The number of imidazole rings is 1. The molecule has 2 N–H and O–H groups in total. The van der Waals surface area contributed by atoms with Crippen LogP contribution in [-0.2, 0) is 32.0 Å². The van der Waals surface area contributed by atoms with E-state index in [2.05, 4.69) is 9.13 Å². The molecule has 23 heavy (non-hydrogen) atoms. The zero-order valence-electron chi connectivity index (χ0n) is 13.6. The maximum Gasteiger partial charge on any atom is 0.243 e. The number of ether oxygens (including phenoxy) is 4. The van der Waals surface area contributed by atoms with Gasteiger partial charge in [-0.3, -0.25) is 0 Å². The Hall–Kier alpha value is -1.03. The van der Waals surface area contributed by atoms with E-state index in [0.29, 0.717) is 52.9 Å². The summed E-state index contributed by atoms with van der Waals surface area (Å²) in [6.07, 6.45) is 6.00. The van der Waals surface area contributed by atoms with E-state index >= 15 is 0 Å². The highest BCUT2D eigenvalue weighted by molar-refractivity contribution is 4.65. The Bertz CT molecular complexity index is 342. The van der Waals surface area contributed by atoms with Gasteiger partial charge < -0.3 is 29.2 Å². The molecule has 0 unspecified atom stereocenters. The number of hydrogen-bond acceptors (Lipinski definition) is 6. The predicted molar refractivity (Wildman–Crippen MR) is 82.1 cm³/mol. The molecule has 0 atom stereocenters. The first kappa shape index (κ1) is 20.0. The molecule has 8 heteroatoms. The molecule has 0 aliphatic heterocycles. The average molecular weight is 333 g/mol. The molecule has 0 saturated heterocycles. The smallest absolute Gasteiger partial charge is 0.243 e. The number of rotatable bonds is 16. The lowest BCUT2D eigenvalue weighted by atomic mass is 10.6. The van der Waals surface area contributed by atoms with Crippen molar-refractivity contribution in [1.82, 2.24) is 4.57 Å². The van der Waals surface area contributed by atoms with Crippen molar-refractivity contribution < 1.29 is 33.7 Å². The first-order chi connectivity index (χ1) is 11.4. The largest absolute Gasteiger partial charge is 0.394 e. The zero-order chi connectivity index (χ0) is 16.6. The van der Waals surface area contributed by atoms with Crippen molar-refractivity contribution in [1.29, 1.82) is 0 Å². The Morgan fingerprint density at radius 1 is 0.739 bits per heavy atom. The molecule has 1 aromatic rings. The van der Waals surface area contributed by atoms with Gasteiger partial charge in [-0.25, -0.2) is 9.13 Å². The van der Waals surface area contributed by atoms with E-state index in [9.17, 15) is 0 Å². The molecule has 8 nitrogen and oxygen atoms in total. The molecule has 0 saturated carbocycles. The summed E-state index contributed by atoms with van der Waals surface area (Å²) < 4.78 is 25.2. The standard InChI is InChI=1S/C15H29N2O6/c18-5-9-22-13-11-20-7-3-16-1-2-17(15-16)4-8-21-12-14-23-10-6-19/h1-2,15,18-19H,3-14H2/q+1. The summed E-state index contributed by atoms with van der Waals surface area (Å²) in [6, 6.07) is 0. The first-order valence-electron chi connectivity index (χ1n) is 7.94. The maximum absolute atomic E-state index is 8.55. The van der Waals surface area contributed by atoms with Crippen LogP contribution in [0.25, 0.3) is 0 Å². The first-order valence-corrected chi connectivity index (χ1v) is 7.94. The lowest BCUT2D eigenvalue weighted by Crippen LogP contribution is -2.34. The Labute approximate surface area is 137 Å². The molecule has 0 aliphatic carbocycles. The number of nitrogens with zero attached hydrogens (tertiary/aromatic N) is 2. The second-order valence-corrected chi connectivity index (χ2v) is 4.79. The molecule has 134 valence electrons. The number of aliphatic hydroxyl groups is 2. The van der Waals surface area contributed by atoms with E-state index in [1.807, 2.05) is 18.7 Å². The fraction of sp³-hybridized carbons (Fsp3) is 0.800. The van der Waals surface area contributed by atoms with Crippen molar-refractivity contribution in [3.63, 3.8) is 0 Å². The fourth-order valence-corrected chi connectivity index (χ4v) is 1.82. The molecule has 1 rings (SSSR count). The molecule has 0 fully saturated rings. The van der Waals surface area contributed by atoms with E-state index in [0.717, 1.165) is 13.1 Å². The van der Waals surface area contributed by atoms with Gasteiger partial charge in [0.25, 0.3) is 0 Å². The summed E-state index contributed by atoms with van der Waals surface area (Å²) in [5.74, 6) is 0. The molecule has 0 bridgehead atoms. The van der Waals surface area contributed by atoms with E-state index in [1.54, 1.807) is 0 Å². The van der Waals surface area contributed by atoms with Crippen LogP contribution in [0.1, 0.15) is 0 Å². The minimum Gasteiger partial charge on any atom is -0.394 e. The summed E-state index contributed by atoms with van der Waals surface area (Å²) in [5.41, 5.74) is 0. The number of hydrogen-bond donors (Lipinski definition) is 2. The molecular formula is C15H29N2O6+. The van der Waals surface area contributed by atoms with Crippen molar-refractivity contribution in [2.75, 3.05) is 66.1 Å². The molecule has 0 spiro atoms. The molecule has 1 heterocycles. The molecule has 0 amide bonds. The van der Waals surface area contributed by atoms with Gasteiger partial charge in [0.05, 0.1) is 66.1 Å². The lowest BCUT2D eigenvalue weighted by Gasteiger charge is -2.03. The number of aliphatic hydroxyl groups excluding tert-OH is 2. The highest BCUT2D eigenvalue weighted by Crippen LogP contribution is 1.88. The van der Waals surface area contributed by atoms with Gasteiger partial charge >= 0.3 is 0 Å². The molecule has 0 radical (unpaired) electrons. The van der Waals surface area contributed by atoms with Crippen LogP contribution in [0.2, 0.25) is 0 Å². The monoisotopic (exact) mass is 333 g/mol. The normalized spacial score (nSPS) is 11.2. The van der Waals surface area contributed by atoms with E-state index in [4.69, 9.17) is 29.2 Å². The summed E-state index contributed by atoms with van der Waals surface area (Å²) in [7, 11) is 0. The minimum atomic E-state index is 0.0444.